The Morgan fingerprint density at radius 3 is 2.62 bits per heavy atom. The van der Waals surface area contributed by atoms with E-state index in [0.29, 0.717) is 5.69 Å². The highest BCUT2D eigenvalue weighted by atomic mass is 16.2. The standard InChI is InChI=1S/C22H23N5O2/c1-16(2)25-21(29)14-24-20(28)11-10-18-15-27(19-8-4-3-5-9-19)26-22(18)17-7-6-12-23-13-17/h3-13,15-16H,14H2,1-2H3,(H,24,28)(H,25,29)/b11-10+. The van der Waals surface area contributed by atoms with Crippen molar-refractivity contribution in [2.45, 2.75) is 19.9 Å². The summed E-state index contributed by atoms with van der Waals surface area (Å²) in [7, 11) is 0. The summed E-state index contributed by atoms with van der Waals surface area (Å²) in [6, 6.07) is 13.5. The molecule has 0 saturated heterocycles. The number of carbonyl (C=O) groups is 2. The van der Waals surface area contributed by atoms with Crippen molar-refractivity contribution in [2.75, 3.05) is 6.54 Å². The second kappa shape index (κ2) is 9.45. The molecule has 0 spiro atoms. The molecule has 2 aromatic heterocycles. The molecule has 0 unspecified atom stereocenters. The Bertz CT molecular complexity index is 995. The highest BCUT2D eigenvalue weighted by molar-refractivity contribution is 5.95. The van der Waals surface area contributed by atoms with Crippen LogP contribution in [0.25, 0.3) is 23.0 Å². The number of hydrogen-bond donors (Lipinski definition) is 2. The van der Waals surface area contributed by atoms with Crippen molar-refractivity contribution >= 4 is 17.9 Å². The van der Waals surface area contributed by atoms with E-state index in [4.69, 9.17) is 0 Å². The zero-order valence-corrected chi connectivity index (χ0v) is 16.4. The normalized spacial score (nSPS) is 11.0. The molecule has 7 nitrogen and oxygen atoms in total. The first kappa shape index (κ1) is 20.0. The number of amides is 2. The van der Waals surface area contributed by atoms with E-state index in [-0.39, 0.29) is 24.4 Å². The van der Waals surface area contributed by atoms with Crippen molar-refractivity contribution in [1.82, 2.24) is 25.4 Å². The zero-order chi connectivity index (χ0) is 20.6. The molecular weight excluding hydrogens is 366 g/mol. The highest BCUT2D eigenvalue weighted by Gasteiger charge is 2.11. The molecule has 0 atom stereocenters. The Morgan fingerprint density at radius 2 is 1.93 bits per heavy atom. The van der Waals surface area contributed by atoms with Gasteiger partial charge < -0.3 is 10.6 Å². The lowest BCUT2D eigenvalue weighted by atomic mass is 10.1. The van der Waals surface area contributed by atoms with Gasteiger partial charge in [-0.05, 0) is 44.2 Å². The molecule has 0 saturated carbocycles. The molecule has 0 radical (unpaired) electrons. The number of carbonyl (C=O) groups excluding carboxylic acids is 2. The minimum atomic E-state index is -0.353. The molecule has 3 rings (SSSR count). The lowest BCUT2D eigenvalue weighted by molar-refractivity contribution is -0.124. The molecular formula is C22H23N5O2. The fourth-order valence-corrected chi connectivity index (χ4v) is 2.71. The zero-order valence-electron chi connectivity index (χ0n) is 16.4. The van der Waals surface area contributed by atoms with Crippen molar-refractivity contribution in [3.05, 3.63) is 72.7 Å². The van der Waals surface area contributed by atoms with Crippen LogP contribution in [0.3, 0.4) is 0 Å². The first-order chi connectivity index (χ1) is 14.0. The predicted octanol–water partition coefficient (Wildman–Crippen LogP) is 2.59. The summed E-state index contributed by atoms with van der Waals surface area (Å²) in [6.07, 6.45) is 8.36. The van der Waals surface area contributed by atoms with E-state index in [1.807, 2.05) is 62.5 Å². The molecule has 0 aliphatic carbocycles. The maximum atomic E-state index is 12.1. The summed E-state index contributed by atoms with van der Waals surface area (Å²) in [5.74, 6) is -0.580. The minimum absolute atomic E-state index is 0.0285. The molecule has 0 bridgehead atoms. The van der Waals surface area contributed by atoms with Gasteiger partial charge in [-0.3, -0.25) is 14.6 Å². The van der Waals surface area contributed by atoms with E-state index in [1.54, 1.807) is 23.2 Å². The van der Waals surface area contributed by atoms with Gasteiger partial charge in [-0.1, -0.05) is 18.2 Å². The van der Waals surface area contributed by atoms with Crippen LogP contribution in [0.15, 0.2) is 67.1 Å². The van der Waals surface area contributed by atoms with E-state index in [9.17, 15) is 9.59 Å². The van der Waals surface area contributed by atoms with Gasteiger partial charge in [0.05, 0.1) is 12.2 Å². The van der Waals surface area contributed by atoms with Crippen molar-refractivity contribution < 1.29 is 9.59 Å². The minimum Gasteiger partial charge on any atom is -0.352 e. The average Bonchev–Trinajstić information content (AvgIpc) is 3.16. The van der Waals surface area contributed by atoms with Crippen LogP contribution in [-0.4, -0.2) is 39.2 Å². The molecule has 0 fully saturated rings. The smallest absolute Gasteiger partial charge is 0.244 e. The summed E-state index contributed by atoms with van der Waals surface area (Å²) in [6.45, 7) is 3.66. The summed E-state index contributed by atoms with van der Waals surface area (Å²) >= 11 is 0. The van der Waals surface area contributed by atoms with E-state index >= 15 is 0 Å². The van der Waals surface area contributed by atoms with Crippen LogP contribution in [0.2, 0.25) is 0 Å². The Hall–Kier alpha value is -3.74. The first-order valence-corrected chi connectivity index (χ1v) is 9.33. The van der Waals surface area contributed by atoms with E-state index in [1.165, 1.54) is 6.08 Å². The number of nitrogens with zero attached hydrogens (tertiary/aromatic N) is 3. The van der Waals surface area contributed by atoms with E-state index in [2.05, 4.69) is 20.7 Å². The fraction of sp³-hybridized carbons (Fsp3) is 0.182. The second-order valence-corrected chi connectivity index (χ2v) is 6.73. The molecule has 7 heteroatoms. The van der Waals surface area contributed by atoms with Gasteiger partial charge in [0, 0.05) is 41.8 Å². The Labute approximate surface area is 169 Å². The van der Waals surface area contributed by atoms with Gasteiger partial charge in [0.1, 0.15) is 5.69 Å². The molecule has 2 heterocycles. The van der Waals surface area contributed by atoms with Crippen LogP contribution >= 0.6 is 0 Å². The number of pyridine rings is 1. The molecule has 2 amide bonds. The lowest BCUT2D eigenvalue weighted by Gasteiger charge is -2.08. The second-order valence-electron chi connectivity index (χ2n) is 6.73. The van der Waals surface area contributed by atoms with Gasteiger partial charge in [-0.15, -0.1) is 0 Å². The average molecular weight is 389 g/mol. The molecule has 3 aromatic rings. The van der Waals surface area contributed by atoms with E-state index in [0.717, 1.165) is 16.8 Å². The maximum absolute atomic E-state index is 12.1. The van der Waals surface area contributed by atoms with Crippen molar-refractivity contribution in [1.29, 1.82) is 0 Å². The van der Waals surface area contributed by atoms with Gasteiger partial charge in [0.2, 0.25) is 11.8 Å². The SMILES string of the molecule is CC(C)NC(=O)CNC(=O)/C=C/c1cn(-c2ccccc2)nc1-c1cccnc1. The summed E-state index contributed by atoms with van der Waals surface area (Å²) < 4.78 is 1.76. The van der Waals surface area contributed by atoms with Crippen LogP contribution < -0.4 is 10.6 Å². The molecule has 2 N–H and O–H groups in total. The Kier molecular flexibility index (Phi) is 6.52. The largest absolute Gasteiger partial charge is 0.352 e. The van der Waals surface area contributed by atoms with Crippen molar-refractivity contribution in [3.8, 4) is 16.9 Å². The lowest BCUT2D eigenvalue weighted by Crippen LogP contribution is -2.39. The summed E-state index contributed by atoms with van der Waals surface area (Å²) in [5, 5.41) is 9.97. The van der Waals surface area contributed by atoms with Crippen LogP contribution in [0, 0.1) is 0 Å². The van der Waals surface area contributed by atoms with Crippen LogP contribution in [0.5, 0.6) is 0 Å². The molecule has 0 aliphatic heterocycles. The number of nitrogens with one attached hydrogen (secondary N) is 2. The number of hydrogen-bond acceptors (Lipinski definition) is 4. The third-order valence-corrected chi connectivity index (χ3v) is 3.99. The number of benzene rings is 1. The van der Waals surface area contributed by atoms with Gasteiger partial charge in [-0.2, -0.15) is 5.10 Å². The molecule has 1 aromatic carbocycles. The van der Waals surface area contributed by atoms with Gasteiger partial charge >= 0.3 is 0 Å². The predicted molar refractivity (Wildman–Crippen MR) is 112 cm³/mol. The third kappa shape index (κ3) is 5.62. The molecule has 148 valence electrons. The van der Waals surface area contributed by atoms with Crippen LogP contribution in [-0.2, 0) is 9.59 Å². The monoisotopic (exact) mass is 389 g/mol. The molecule has 29 heavy (non-hydrogen) atoms. The van der Waals surface area contributed by atoms with Crippen molar-refractivity contribution in [3.63, 3.8) is 0 Å². The Balaban J connectivity index is 1.80. The third-order valence-electron chi connectivity index (χ3n) is 3.99. The summed E-state index contributed by atoms with van der Waals surface area (Å²) in [4.78, 5) is 27.9. The number of para-hydroxylation sites is 1. The topological polar surface area (TPSA) is 88.9 Å². The van der Waals surface area contributed by atoms with Gasteiger partial charge in [-0.25, -0.2) is 4.68 Å². The highest BCUT2D eigenvalue weighted by Crippen LogP contribution is 2.24. The first-order valence-electron chi connectivity index (χ1n) is 9.33. The quantitative estimate of drug-likeness (QED) is 0.608. The molecule has 0 aliphatic rings. The van der Waals surface area contributed by atoms with Crippen LogP contribution in [0.1, 0.15) is 19.4 Å². The van der Waals surface area contributed by atoms with Crippen molar-refractivity contribution in [2.24, 2.45) is 0 Å². The van der Waals surface area contributed by atoms with Crippen LogP contribution in [0.4, 0.5) is 0 Å². The van der Waals surface area contributed by atoms with E-state index < -0.39 is 0 Å². The Morgan fingerprint density at radius 1 is 1.14 bits per heavy atom. The number of rotatable bonds is 7. The van der Waals surface area contributed by atoms with Gasteiger partial charge in [0.15, 0.2) is 0 Å². The summed E-state index contributed by atoms with van der Waals surface area (Å²) in [5.41, 5.74) is 3.23. The fourth-order valence-electron chi connectivity index (χ4n) is 2.71. The van der Waals surface area contributed by atoms with Gasteiger partial charge in [0.25, 0.3) is 0 Å². The number of aromatic nitrogens is 3. The maximum Gasteiger partial charge on any atom is 0.244 e.